The fourth-order valence-corrected chi connectivity index (χ4v) is 3.10. The molecule has 7 heteroatoms. The molecule has 2 aromatic carbocycles. The van der Waals surface area contributed by atoms with Crippen LogP contribution in [-0.2, 0) is 0 Å². The van der Waals surface area contributed by atoms with Gasteiger partial charge < -0.3 is 10.2 Å². The number of hydrogen-bond acceptors (Lipinski definition) is 4. The predicted molar refractivity (Wildman–Crippen MR) is 98.5 cm³/mol. The van der Waals surface area contributed by atoms with Crippen LogP contribution in [0.3, 0.4) is 0 Å². The Balaban J connectivity index is 1.75. The summed E-state index contributed by atoms with van der Waals surface area (Å²) >= 11 is 0. The molecule has 4 nitrogen and oxygen atoms in total. The second kappa shape index (κ2) is 7.26. The molecule has 138 valence electrons. The zero-order valence-corrected chi connectivity index (χ0v) is 14.4. The SMILES string of the molecule is Fc1ccc(Nc2nc(-c3ccccc3)cc(N3CCCC3)n2)c(F)c1F. The predicted octanol–water partition coefficient (Wildman–Crippen LogP) is 4.90. The van der Waals surface area contributed by atoms with Gasteiger partial charge in [-0.3, -0.25) is 0 Å². The molecule has 4 rings (SSSR count). The lowest BCUT2D eigenvalue weighted by atomic mass is 10.1. The molecule has 0 bridgehead atoms. The van der Waals surface area contributed by atoms with Crippen molar-refractivity contribution in [2.24, 2.45) is 0 Å². The molecule has 3 aromatic rings. The van der Waals surface area contributed by atoms with Crippen molar-refractivity contribution >= 4 is 17.5 Å². The van der Waals surface area contributed by atoms with Gasteiger partial charge >= 0.3 is 0 Å². The van der Waals surface area contributed by atoms with Crippen LogP contribution in [-0.4, -0.2) is 23.1 Å². The fraction of sp³-hybridized carbons (Fsp3) is 0.200. The highest BCUT2D eigenvalue weighted by atomic mass is 19.2. The summed E-state index contributed by atoms with van der Waals surface area (Å²) in [5.41, 5.74) is 1.33. The van der Waals surface area contributed by atoms with Crippen molar-refractivity contribution in [3.05, 3.63) is 66.0 Å². The van der Waals surface area contributed by atoms with Crippen molar-refractivity contribution in [1.82, 2.24) is 9.97 Å². The number of anilines is 3. The molecule has 1 aliphatic rings. The van der Waals surface area contributed by atoms with E-state index in [1.54, 1.807) is 0 Å². The highest BCUT2D eigenvalue weighted by Crippen LogP contribution is 2.28. The summed E-state index contributed by atoms with van der Waals surface area (Å²) in [5.74, 6) is -3.23. The quantitative estimate of drug-likeness (QED) is 0.663. The third kappa shape index (κ3) is 3.58. The Hall–Kier alpha value is -3.09. The third-order valence-electron chi connectivity index (χ3n) is 4.49. The highest BCUT2D eigenvalue weighted by molar-refractivity contribution is 5.66. The number of nitrogens with zero attached hydrogens (tertiary/aromatic N) is 3. The van der Waals surface area contributed by atoms with Crippen molar-refractivity contribution in [1.29, 1.82) is 0 Å². The molecule has 0 atom stereocenters. The Labute approximate surface area is 154 Å². The average Bonchev–Trinajstić information content (AvgIpc) is 3.24. The van der Waals surface area contributed by atoms with E-state index in [1.807, 2.05) is 36.4 Å². The van der Waals surface area contributed by atoms with E-state index in [-0.39, 0.29) is 11.6 Å². The van der Waals surface area contributed by atoms with Gasteiger partial charge in [0, 0.05) is 24.7 Å². The van der Waals surface area contributed by atoms with Crippen LogP contribution in [0.2, 0.25) is 0 Å². The Morgan fingerprint density at radius 2 is 1.59 bits per heavy atom. The molecule has 1 aromatic heterocycles. The largest absolute Gasteiger partial charge is 0.356 e. The van der Waals surface area contributed by atoms with Gasteiger partial charge in [-0.25, -0.2) is 18.2 Å². The number of halogens is 3. The molecule has 1 saturated heterocycles. The van der Waals surface area contributed by atoms with Gasteiger partial charge in [-0.05, 0) is 25.0 Å². The topological polar surface area (TPSA) is 41.1 Å². The van der Waals surface area contributed by atoms with Gasteiger partial charge in [-0.2, -0.15) is 4.98 Å². The van der Waals surface area contributed by atoms with E-state index in [0.29, 0.717) is 11.5 Å². The molecule has 0 saturated carbocycles. The van der Waals surface area contributed by atoms with Crippen LogP contribution in [0.5, 0.6) is 0 Å². The minimum atomic E-state index is -1.53. The van der Waals surface area contributed by atoms with Gasteiger partial charge in [0.2, 0.25) is 5.95 Å². The van der Waals surface area contributed by atoms with Gasteiger partial charge in [0.25, 0.3) is 0 Å². The van der Waals surface area contributed by atoms with Crippen LogP contribution >= 0.6 is 0 Å². The molecule has 0 unspecified atom stereocenters. The van der Waals surface area contributed by atoms with E-state index >= 15 is 0 Å². The number of aromatic nitrogens is 2. The highest BCUT2D eigenvalue weighted by Gasteiger charge is 2.18. The summed E-state index contributed by atoms with van der Waals surface area (Å²) in [7, 11) is 0. The molecule has 0 spiro atoms. The standard InChI is InChI=1S/C20H17F3N4/c21-14-8-9-15(19(23)18(14)22)24-20-25-16(13-6-2-1-3-7-13)12-17(26-20)27-10-4-5-11-27/h1-3,6-9,12H,4-5,10-11H2,(H,24,25,26). The van der Waals surface area contributed by atoms with Crippen LogP contribution in [0.15, 0.2) is 48.5 Å². The van der Waals surface area contributed by atoms with Gasteiger partial charge in [-0.15, -0.1) is 0 Å². The fourth-order valence-electron chi connectivity index (χ4n) is 3.10. The number of benzene rings is 2. The minimum absolute atomic E-state index is 0.128. The monoisotopic (exact) mass is 370 g/mol. The first-order valence-electron chi connectivity index (χ1n) is 8.72. The summed E-state index contributed by atoms with van der Waals surface area (Å²) < 4.78 is 40.7. The first-order valence-corrected chi connectivity index (χ1v) is 8.72. The van der Waals surface area contributed by atoms with E-state index in [1.165, 1.54) is 0 Å². The van der Waals surface area contributed by atoms with Gasteiger partial charge in [0.15, 0.2) is 17.5 Å². The lowest BCUT2D eigenvalue weighted by Gasteiger charge is -2.18. The first-order chi connectivity index (χ1) is 13.1. The smallest absolute Gasteiger partial charge is 0.229 e. The normalized spacial score (nSPS) is 13.8. The zero-order chi connectivity index (χ0) is 18.8. The van der Waals surface area contributed by atoms with Crippen LogP contribution in [0.4, 0.5) is 30.6 Å². The molecule has 0 amide bonds. The molecular formula is C20H17F3N4. The summed E-state index contributed by atoms with van der Waals surface area (Å²) in [6.45, 7) is 1.76. The Morgan fingerprint density at radius 3 is 2.33 bits per heavy atom. The van der Waals surface area contributed by atoms with E-state index in [9.17, 15) is 13.2 Å². The van der Waals surface area contributed by atoms with Crippen molar-refractivity contribution in [2.45, 2.75) is 12.8 Å². The minimum Gasteiger partial charge on any atom is -0.356 e. The maximum absolute atomic E-state index is 14.0. The Kier molecular flexibility index (Phi) is 4.66. The lowest BCUT2D eigenvalue weighted by molar-refractivity contribution is 0.449. The first kappa shape index (κ1) is 17.3. The Morgan fingerprint density at radius 1 is 0.852 bits per heavy atom. The molecule has 2 heterocycles. The van der Waals surface area contributed by atoms with Gasteiger partial charge in [-0.1, -0.05) is 30.3 Å². The maximum Gasteiger partial charge on any atom is 0.229 e. The van der Waals surface area contributed by atoms with Crippen molar-refractivity contribution in [3.8, 4) is 11.3 Å². The second-order valence-electron chi connectivity index (χ2n) is 6.34. The molecule has 1 N–H and O–H groups in total. The van der Waals surface area contributed by atoms with Crippen molar-refractivity contribution in [2.75, 3.05) is 23.3 Å². The number of nitrogens with one attached hydrogen (secondary N) is 1. The van der Waals surface area contributed by atoms with Crippen LogP contribution in [0.25, 0.3) is 11.3 Å². The third-order valence-corrected chi connectivity index (χ3v) is 4.49. The van der Waals surface area contributed by atoms with Gasteiger partial charge in [0.05, 0.1) is 11.4 Å². The molecule has 0 radical (unpaired) electrons. The summed E-state index contributed by atoms with van der Waals surface area (Å²) in [5, 5.41) is 2.68. The van der Waals surface area contributed by atoms with E-state index in [4.69, 9.17) is 0 Å². The summed E-state index contributed by atoms with van der Waals surface area (Å²) in [4.78, 5) is 11.0. The molecule has 1 fully saturated rings. The summed E-state index contributed by atoms with van der Waals surface area (Å²) in [6, 6.07) is 13.4. The van der Waals surface area contributed by atoms with E-state index < -0.39 is 17.5 Å². The van der Waals surface area contributed by atoms with Crippen LogP contribution in [0.1, 0.15) is 12.8 Å². The molecular weight excluding hydrogens is 353 g/mol. The molecule has 1 aliphatic heterocycles. The summed E-state index contributed by atoms with van der Waals surface area (Å²) in [6.07, 6.45) is 2.15. The van der Waals surface area contributed by atoms with Gasteiger partial charge in [0.1, 0.15) is 5.82 Å². The van der Waals surface area contributed by atoms with E-state index in [2.05, 4.69) is 20.2 Å². The van der Waals surface area contributed by atoms with Crippen LogP contribution in [0, 0.1) is 17.5 Å². The number of rotatable bonds is 4. The van der Waals surface area contributed by atoms with Crippen molar-refractivity contribution in [3.63, 3.8) is 0 Å². The Bertz CT molecular complexity index is 957. The zero-order valence-electron chi connectivity index (χ0n) is 14.4. The maximum atomic E-state index is 14.0. The molecule has 27 heavy (non-hydrogen) atoms. The number of hydrogen-bond donors (Lipinski definition) is 1. The average molecular weight is 370 g/mol. The van der Waals surface area contributed by atoms with Crippen LogP contribution < -0.4 is 10.2 Å². The van der Waals surface area contributed by atoms with Crippen molar-refractivity contribution < 1.29 is 13.2 Å². The second-order valence-corrected chi connectivity index (χ2v) is 6.34. The molecule has 0 aliphatic carbocycles. The lowest BCUT2D eigenvalue weighted by Crippen LogP contribution is -2.20. The van der Waals surface area contributed by atoms with E-state index in [0.717, 1.165) is 43.6 Å².